The van der Waals surface area contributed by atoms with Crippen molar-refractivity contribution in [3.05, 3.63) is 0 Å². The van der Waals surface area contributed by atoms with Crippen LogP contribution in [0, 0.1) is 11.8 Å². The van der Waals surface area contributed by atoms with Gasteiger partial charge in [0.2, 0.25) is 11.8 Å². The summed E-state index contributed by atoms with van der Waals surface area (Å²) in [6, 6.07) is -1.35. The van der Waals surface area contributed by atoms with Gasteiger partial charge in [-0.1, -0.05) is 50.8 Å². The first kappa shape index (κ1) is 33.4. The van der Waals surface area contributed by atoms with Gasteiger partial charge in [0.05, 0.1) is 11.6 Å². The van der Waals surface area contributed by atoms with E-state index in [1.807, 2.05) is 48.5 Å². The molecule has 4 unspecified atom stereocenters. The number of hydrogen-bond donors (Lipinski definition) is 2. The number of nitrogens with one attached hydrogen (secondary N) is 2. The van der Waals surface area contributed by atoms with Crippen LogP contribution in [0.1, 0.15) is 87.5 Å². The lowest BCUT2D eigenvalue weighted by Crippen LogP contribution is -2.54. The molecule has 35 heavy (non-hydrogen) atoms. The second kappa shape index (κ2) is 14.8. The zero-order valence-electron chi connectivity index (χ0n) is 23.0. The molecule has 5 atom stereocenters. The van der Waals surface area contributed by atoms with E-state index in [9.17, 15) is 23.6 Å². The van der Waals surface area contributed by atoms with Crippen molar-refractivity contribution in [2.24, 2.45) is 11.8 Å². The fourth-order valence-electron chi connectivity index (χ4n) is 3.87. The highest BCUT2D eigenvalue weighted by Gasteiger charge is 2.34. The van der Waals surface area contributed by atoms with Crippen LogP contribution >= 0.6 is 9.24 Å². The molecule has 0 aliphatic rings. The van der Waals surface area contributed by atoms with Gasteiger partial charge in [0.15, 0.2) is 5.52 Å². The van der Waals surface area contributed by atoms with Crippen LogP contribution in [-0.2, 0) is 19.1 Å². The number of carbonyl (C=O) groups excluding carboxylic acids is 4. The van der Waals surface area contributed by atoms with E-state index in [4.69, 9.17) is 4.74 Å². The second-order valence-electron chi connectivity index (χ2n) is 10.5. The van der Waals surface area contributed by atoms with E-state index >= 15 is 0 Å². The van der Waals surface area contributed by atoms with Gasteiger partial charge in [0.25, 0.3) is 0 Å². The Bertz CT molecular complexity index is 736. The number of carbonyl (C=O) groups is 4. The van der Waals surface area contributed by atoms with Crippen molar-refractivity contribution in [3.63, 3.8) is 0 Å². The van der Waals surface area contributed by atoms with Gasteiger partial charge in [-0.3, -0.25) is 14.4 Å². The van der Waals surface area contributed by atoms with Crippen molar-refractivity contribution in [1.82, 2.24) is 15.5 Å². The Morgan fingerprint density at radius 1 is 1.00 bits per heavy atom. The highest BCUT2D eigenvalue weighted by molar-refractivity contribution is 7.40. The summed E-state index contributed by atoms with van der Waals surface area (Å²) in [5, 5.41) is 5.12. The standard InChI is InChI=1S/C25H47FN3O5P/c1-10-24(7,28-23(26)33)14-15-34-25(8,11-2)13-12-18(30)29(9)20(17(5)6)21(31)27-19(16(3)4)22(32)35/h16-17,19-20H,10-15,35H2,1-9H3,(H,27,31)(H,28,33)/t19-,20?,24?,25?/m0/s1. The number of rotatable bonds is 16. The molecule has 0 aromatic rings. The predicted molar refractivity (Wildman–Crippen MR) is 140 cm³/mol. The zero-order valence-corrected chi connectivity index (χ0v) is 24.2. The summed E-state index contributed by atoms with van der Waals surface area (Å²) < 4.78 is 18.9. The molecule has 0 spiro atoms. The summed E-state index contributed by atoms with van der Waals surface area (Å²) >= 11 is 0. The molecule has 3 amide bonds. The van der Waals surface area contributed by atoms with E-state index in [2.05, 4.69) is 19.9 Å². The molecule has 0 radical (unpaired) electrons. The Labute approximate surface area is 213 Å². The van der Waals surface area contributed by atoms with Gasteiger partial charge in [0, 0.05) is 25.6 Å². The van der Waals surface area contributed by atoms with E-state index in [1.54, 1.807) is 14.0 Å². The van der Waals surface area contributed by atoms with Gasteiger partial charge >= 0.3 is 6.16 Å². The fourth-order valence-corrected chi connectivity index (χ4v) is 4.34. The van der Waals surface area contributed by atoms with Crippen LogP contribution < -0.4 is 10.6 Å². The van der Waals surface area contributed by atoms with Crippen LogP contribution in [0.15, 0.2) is 0 Å². The van der Waals surface area contributed by atoms with Crippen molar-refractivity contribution in [2.45, 2.75) is 111 Å². The highest BCUT2D eigenvalue weighted by Crippen LogP contribution is 2.25. The average molecular weight is 520 g/mol. The van der Waals surface area contributed by atoms with Crippen molar-refractivity contribution < 1.29 is 28.3 Å². The summed E-state index contributed by atoms with van der Waals surface area (Å²) in [6.45, 7) is 15.2. The molecule has 0 saturated heterocycles. The third-order valence-corrected chi connectivity index (χ3v) is 7.24. The first-order valence-electron chi connectivity index (χ1n) is 12.5. The molecule has 0 rings (SSSR count). The maximum atomic E-state index is 13.0. The number of hydrogen-bond acceptors (Lipinski definition) is 5. The van der Waals surface area contributed by atoms with Crippen LogP contribution in [0.3, 0.4) is 0 Å². The van der Waals surface area contributed by atoms with Crippen molar-refractivity contribution in [1.29, 1.82) is 0 Å². The molecular formula is C25H47FN3O5P. The molecule has 0 bridgehead atoms. The molecule has 0 aliphatic carbocycles. The molecular weight excluding hydrogens is 472 g/mol. The van der Waals surface area contributed by atoms with E-state index in [-0.39, 0.29) is 35.6 Å². The summed E-state index contributed by atoms with van der Waals surface area (Å²) in [5.74, 6) is -0.771. The molecule has 0 heterocycles. The number of likely N-dealkylation sites (N-methyl/N-ethyl adjacent to an activating group) is 1. The number of ether oxygens (including phenoxy) is 1. The summed E-state index contributed by atoms with van der Waals surface area (Å²) in [7, 11) is 3.72. The number of amides is 3. The molecule has 0 fully saturated rings. The Morgan fingerprint density at radius 3 is 1.97 bits per heavy atom. The summed E-state index contributed by atoms with van der Waals surface area (Å²) in [6.07, 6.45) is 0.700. The minimum atomic E-state index is -1.56. The van der Waals surface area contributed by atoms with Gasteiger partial charge in [-0.15, -0.1) is 4.39 Å². The topological polar surface area (TPSA) is 105 Å². The van der Waals surface area contributed by atoms with E-state index in [1.165, 1.54) is 4.90 Å². The fraction of sp³-hybridized carbons (Fsp3) is 0.840. The van der Waals surface area contributed by atoms with Gasteiger partial charge in [-0.2, -0.15) is 0 Å². The SMILES string of the molecule is CCC(C)(CCOC(C)(CC)CCC(=O)N(C)C(C(=O)N[C@H](C(=O)P)C(C)C)C(C)C)NC(=O)F. The molecule has 8 nitrogen and oxygen atoms in total. The summed E-state index contributed by atoms with van der Waals surface area (Å²) in [4.78, 5) is 50.2. The molecule has 204 valence electrons. The number of nitrogens with zero attached hydrogens (tertiary/aromatic N) is 1. The maximum absolute atomic E-state index is 13.0. The lowest BCUT2D eigenvalue weighted by molar-refractivity contribution is -0.142. The second-order valence-corrected chi connectivity index (χ2v) is 11.1. The zero-order chi connectivity index (χ0) is 27.6. The molecule has 0 aliphatic heterocycles. The smallest absolute Gasteiger partial charge is 0.375 e. The van der Waals surface area contributed by atoms with Crippen molar-refractivity contribution in [3.8, 4) is 0 Å². The Hall–Kier alpha value is -1.60. The van der Waals surface area contributed by atoms with Gasteiger partial charge < -0.3 is 20.3 Å². The highest BCUT2D eigenvalue weighted by atomic mass is 31.0. The Balaban J connectivity index is 5.17. The van der Waals surface area contributed by atoms with E-state index in [0.29, 0.717) is 32.3 Å². The first-order chi connectivity index (χ1) is 16.0. The quantitative estimate of drug-likeness (QED) is 0.181. The molecule has 0 aromatic carbocycles. The summed E-state index contributed by atoms with van der Waals surface area (Å²) in [5.41, 5.74) is -1.50. The minimum Gasteiger partial charge on any atom is -0.375 e. The third kappa shape index (κ3) is 11.3. The van der Waals surface area contributed by atoms with Gasteiger partial charge in [0.1, 0.15) is 6.04 Å². The van der Waals surface area contributed by atoms with Crippen LogP contribution in [0.5, 0.6) is 0 Å². The average Bonchev–Trinajstić information content (AvgIpc) is 2.74. The van der Waals surface area contributed by atoms with Crippen LogP contribution in [0.25, 0.3) is 0 Å². The van der Waals surface area contributed by atoms with Crippen molar-refractivity contribution in [2.75, 3.05) is 13.7 Å². The largest absolute Gasteiger partial charge is 0.397 e. The third-order valence-electron chi connectivity index (χ3n) is 6.88. The van der Waals surface area contributed by atoms with Gasteiger partial charge in [-0.05, 0) is 51.4 Å². The molecule has 2 N–H and O–H groups in total. The first-order valence-corrected chi connectivity index (χ1v) is 13.1. The van der Waals surface area contributed by atoms with Gasteiger partial charge in [-0.25, -0.2) is 4.79 Å². The van der Waals surface area contributed by atoms with Crippen LogP contribution in [0.2, 0.25) is 0 Å². The van der Waals surface area contributed by atoms with Crippen molar-refractivity contribution >= 4 is 32.7 Å². The lowest BCUT2D eigenvalue weighted by atomic mass is 9.93. The minimum absolute atomic E-state index is 0.0760. The molecule has 0 aromatic heterocycles. The van der Waals surface area contributed by atoms with Crippen LogP contribution in [0.4, 0.5) is 9.18 Å². The number of halogens is 1. The molecule has 10 heteroatoms. The maximum Gasteiger partial charge on any atom is 0.397 e. The Morgan fingerprint density at radius 2 is 1.57 bits per heavy atom. The Kier molecular flexibility index (Phi) is 14.2. The van der Waals surface area contributed by atoms with E-state index in [0.717, 1.165) is 0 Å². The molecule has 0 saturated carbocycles. The van der Waals surface area contributed by atoms with Crippen LogP contribution in [-0.4, -0.2) is 65.3 Å². The van der Waals surface area contributed by atoms with E-state index < -0.39 is 29.4 Å². The normalized spacial score (nSPS) is 16.7. The predicted octanol–water partition coefficient (Wildman–Crippen LogP) is 4.22. The lowest BCUT2D eigenvalue weighted by Gasteiger charge is -2.34. The monoisotopic (exact) mass is 519 g/mol.